The van der Waals surface area contributed by atoms with E-state index in [1.165, 1.54) is 6.07 Å². The first-order valence-electron chi connectivity index (χ1n) is 5.25. The number of benzene rings is 1. The van der Waals surface area contributed by atoms with Gasteiger partial charge in [0.15, 0.2) is 0 Å². The highest BCUT2D eigenvalue weighted by Gasteiger charge is 2.32. The van der Waals surface area contributed by atoms with Crippen LogP contribution in [0.5, 0.6) is 0 Å². The summed E-state index contributed by atoms with van der Waals surface area (Å²) < 4.78 is 19.0. The molecular weight excluding hydrogens is 193 g/mol. The van der Waals surface area contributed by atoms with Crippen LogP contribution in [-0.2, 0) is 10.3 Å². The number of nitrogens with two attached hydrogens (primary N) is 1. The first kappa shape index (κ1) is 10.6. The molecule has 0 spiro atoms. The molecule has 0 saturated carbocycles. The molecular formula is C12H16FNO. The molecule has 1 aliphatic rings. The molecule has 0 aliphatic carbocycles. The van der Waals surface area contributed by atoms with Gasteiger partial charge in [-0.05, 0) is 25.8 Å². The predicted octanol–water partition coefficient (Wildman–Crippen LogP) is 2.10. The van der Waals surface area contributed by atoms with Gasteiger partial charge in [0.05, 0.1) is 12.1 Å². The fourth-order valence-electron chi connectivity index (χ4n) is 2.05. The predicted molar refractivity (Wildman–Crippen MR) is 57.1 cm³/mol. The van der Waals surface area contributed by atoms with E-state index < -0.39 is 5.54 Å². The number of hydrogen-bond donors (Lipinski definition) is 1. The van der Waals surface area contributed by atoms with E-state index in [1.807, 2.05) is 13.0 Å². The van der Waals surface area contributed by atoms with Gasteiger partial charge in [-0.15, -0.1) is 0 Å². The standard InChI is InChI=1S/C12H16FNO/c1-9-3-4-11(13)10(7-9)12(14)5-2-6-15-8-12/h3-4,7H,2,5-6,8,14H2,1H3. The summed E-state index contributed by atoms with van der Waals surface area (Å²) >= 11 is 0. The SMILES string of the molecule is Cc1ccc(F)c(C2(N)CCCOC2)c1. The number of ether oxygens (including phenoxy) is 1. The van der Waals surface area contributed by atoms with Crippen LogP contribution in [0, 0.1) is 12.7 Å². The van der Waals surface area contributed by atoms with Gasteiger partial charge in [-0.1, -0.05) is 17.7 Å². The van der Waals surface area contributed by atoms with E-state index in [-0.39, 0.29) is 5.82 Å². The monoisotopic (exact) mass is 209 g/mol. The lowest BCUT2D eigenvalue weighted by Crippen LogP contribution is -2.45. The molecule has 1 unspecified atom stereocenters. The molecule has 2 rings (SSSR count). The van der Waals surface area contributed by atoms with E-state index in [0.717, 1.165) is 25.0 Å². The summed E-state index contributed by atoms with van der Waals surface area (Å²) in [5, 5.41) is 0. The summed E-state index contributed by atoms with van der Waals surface area (Å²) in [6, 6.07) is 5.06. The zero-order valence-corrected chi connectivity index (χ0v) is 8.92. The molecule has 82 valence electrons. The van der Waals surface area contributed by atoms with E-state index in [1.54, 1.807) is 6.07 Å². The molecule has 0 radical (unpaired) electrons. The lowest BCUT2D eigenvalue weighted by atomic mass is 9.85. The molecule has 1 atom stereocenters. The van der Waals surface area contributed by atoms with Crippen molar-refractivity contribution in [3.05, 3.63) is 35.1 Å². The average Bonchev–Trinajstić information content (AvgIpc) is 2.23. The Morgan fingerprint density at radius 2 is 2.27 bits per heavy atom. The molecule has 1 fully saturated rings. The molecule has 1 heterocycles. The van der Waals surface area contributed by atoms with Crippen molar-refractivity contribution in [2.45, 2.75) is 25.3 Å². The van der Waals surface area contributed by atoms with E-state index in [9.17, 15) is 4.39 Å². The molecule has 1 aromatic carbocycles. The normalized spacial score (nSPS) is 26.6. The molecule has 1 aliphatic heterocycles. The minimum atomic E-state index is -0.644. The molecule has 0 bridgehead atoms. The van der Waals surface area contributed by atoms with E-state index >= 15 is 0 Å². The van der Waals surface area contributed by atoms with Crippen LogP contribution >= 0.6 is 0 Å². The van der Waals surface area contributed by atoms with Crippen molar-refractivity contribution in [3.8, 4) is 0 Å². The number of aryl methyl sites for hydroxylation is 1. The van der Waals surface area contributed by atoms with Crippen LogP contribution in [0.3, 0.4) is 0 Å². The first-order chi connectivity index (χ1) is 7.12. The Bertz CT molecular complexity index is 359. The van der Waals surface area contributed by atoms with Gasteiger partial charge >= 0.3 is 0 Å². The van der Waals surface area contributed by atoms with Crippen LogP contribution in [0.1, 0.15) is 24.0 Å². The quantitative estimate of drug-likeness (QED) is 0.768. The molecule has 15 heavy (non-hydrogen) atoms. The topological polar surface area (TPSA) is 35.2 Å². The Morgan fingerprint density at radius 1 is 1.47 bits per heavy atom. The van der Waals surface area contributed by atoms with Gasteiger partial charge < -0.3 is 10.5 Å². The van der Waals surface area contributed by atoms with Gasteiger partial charge in [0, 0.05) is 12.2 Å². The second-order valence-electron chi connectivity index (χ2n) is 4.30. The Hall–Kier alpha value is -0.930. The second kappa shape index (κ2) is 3.91. The van der Waals surface area contributed by atoms with E-state index in [2.05, 4.69) is 0 Å². The molecule has 1 aromatic rings. The Morgan fingerprint density at radius 3 is 2.93 bits per heavy atom. The van der Waals surface area contributed by atoms with Crippen molar-refractivity contribution in [1.29, 1.82) is 0 Å². The van der Waals surface area contributed by atoms with Crippen LogP contribution in [0.25, 0.3) is 0 Å². The molecule has 2 nitrogen and oxygen atoms in total. The van der Waals surface area contributed by atoms with Crippen LogP contribution in [0.4, 0.5) is 4.39 Å². The third kappa shape index (κ3) is 2.03. The minimum absolute atomic E-state index is 0.228. The summed E-state index contributed by atoms with van der Waals surface area (Å²) in [4.78, 5) is 0. The van der Waals surface area contributed by atoms with Crippen LogP contribution < -0.4 is 5.73 Å². The van der Waals surface area contributed by atoms with Gasteiger partial charge in [-0.3, -0.25) is 0 Å². The zero-order chi connectivity index (χ0) is 10.9. The molecule has 0 amide bonds. The summed E-state index contributed by atoms with van der Waals surface area (Å²) in [7, 11) is 0. The summed E-state index contributed by atoms with van der Waals surface area (Å²) in [5.41, 5.74) is 7.16. The summed E-state index contributed by atoms with van der Waals surface area (Å²) in [6.07, 6.45) is 1.68. The Labute approximate surface area is 89.2 Å². The van der Waals surface area contributed by atoms with Crippen LogP contribution in [-0.4, -0.2) is 13.2 Å². The Kier molecular flexibility index (Phi) is 2.76. The number of rotatable bonds is 1. The molecule has 1 saturated heterocycles. The third-order valence-electron chi connectivity index (χ3n) is 2.93. The Balaban J connectivity index is 2.38. The van der Waals surface area contributed by atoms with E-state index in [0.29, 0.717) is 12.2 Å². The first-order valence-corrected chi connectivity index (χ1v) is 5.25. The third-order valence-corrected chi connectivity index (χ3v) is 2.93. The van der Waals surface area contributed by atoms with Gasteiger partial charge in [-0.2, -0.15) is 0 Å². The van der Waals surface area contributed by atoms with E-state index in [4.69, 9.17) is 10.5 Å². The van der Waals surface area contributed by atoms with Crippen molar-refractivity contribution in [3.63, 3.8) is 0 Å². The zero-order valence-electron chi connectivity index (χ0n) is 8.92. The largest absolute Gasteiger partial charge is 0.379 e. The van der Waals surface area contributed by atoms with Crippen molar-refractivity contribution in [2.24, 2.45) is 5.73 Å². The van der Waals surface area contributed by atoms with Gasteiger partial charge in [0.1, 0.15) is 5.82 Å². The average molecular weight is 209 g/mol. The summed E-state index contributed by atoms with van der Waals surface area (Å²) in [5.74, 6) is -0.228. The van der Waals surface area contributed by atoms with Crippen molar-refractivity contribution >= 4 is 0 Å². The van der Waals surface area contributed by atoms with Crippen molar-refractivity contribution < 1.29 is 9.13 Å². The molecule has 3 heteroatoms. The highest BCUT2D eigenvalue weighted by Crippen LogP contribution is 2.30. The highest BCUT2D eigenvalue weighted by atomic mass is 19.1. The maximum absolute atomic E-state index is 13.7. The molecule has 0 aromatic heterocycles. The molecule has 2 N–H and O–H groups in total. The van der Waals surface area contributed by atoms with Gasteiger partial charge in [0.25, 0.3) is 0 Å². The van der Waals surface area contributed by atoms with Crippen LogP contribution in [0.15, 0.2) is 18.2 Å². The fourth-order valence-corrected chi connectivity index (χ4v) is 2.05. The number of hydrogen-bond acceptors (Lipinski definition) is 2. The lowest BCUT2D eigenvalue weighted by Gasteiger charge is -2.34. The van der Waals surface area contributed by atoms with Crippen molar-refractivity contribution in [2.75, 3.05) is 13.2 Å². The minimum Gasteiger partial charge on any atom is -0.379 e. The van der Waals surface area contributed by atoms with Gasteiger partial charge in [-0.25, -0.2) is 4.39 Å². The highest BCUT2D eigenvalue weighted by molar-refractivity contribution is 5.30. The van der Waals surface area contributed by atoms with Crippen LogP contribution in [0.2, 0.25) is 0 Å². The summed E-state index contributed by atoms with van der Waals surface area (Å²) in [6.45, 7) is 3.08. The number of halogens is 1. The lowest BCUT2D eigenvalue weighted by molar-refractivity contribution is 0.0352. The maximum Gasteiger partial charge on any atom is 0.128 e. The smallest absolute Gasteiger partial charge is 0.128 e. The maximum atomic E-state index is 13.7. The fraction of sp³-hybridized carbons (Fsp3) is 0.500. The van der Waals surface area contributed by atoms with Crippen molar-refractivity contribution in [1.82, 2.24) is 0 Å². The van der Waals surface area contributed by atoms with Gasteiger partial charge in [0.2, 0.25) is 0 Å². The second-order valence-corrected chi connectivity index (χ2v) is 4.30.